The SMILES string of the molecule is c1ccc([Si](c2ccccc2)(c2ccccc2)c2cccc(-c3ccc4c(c3)nc3n4-c4ccccc4OC3)c2)cc1. The third kappa shape index (κ3) is 3.84. The lowest BCUT2D eigenvalue weighted by atomic mass is 10.1. The van der Waals surface area contributed by atoms with Crippen molar-refractivity contribution < 1.29 is 4.74 Å². The fourth-order valence-electron chi connectivity index (χ4n) is 6.58. The molecule has 6 aromatic carbocycles. The lowest BCUT2D eigenvalue weighted by Gasteiger charge is -2.34. The van der Waals surface area contributed by atoms with E-state index in [1.807, 2.05) is 18.2 Å². The van der Waals surface area contributed by atoms with Gasteiger partial charge in [0.05, 0.1) is 16.7 Å². The van der Waals surface area contributed by atoms with Gasteiger partial charge in [0.25, 0.3) is 0 Å². The van der Waals surface area contributed by atoms with Crippen LogP contribution in [0.3, 0.4) is 0 Å². The quantitative estimate of drug-likeness (QED) is 0.193. The van der Waals surface area contributed by atoms with Gasteiger partial charge in [0, 0.05) is 0 Å². The highest BCUT2D eigenvalue weighted by molar-refractivity contribution is 7.19. The van der Waals surface area contributed by atoms with Gasteiger partial charge < -0.3 is 4.74 Å². The molecule has 0 bridgehead atoms. The second kappa shape index (κ2) is 10.0. The Kier molecular flexibility index (Phi) is 5.87. The molecular formula is C38H28N2OSi. The molecule has 2 heterocycles. The molecule has 0 saturated carbocycles. The summed E-state index contributed by atoms with van der Waals surface area (Å²) in [5, 5.41) is 5.47. The zero-order chi connectivity index (χ0) is 27.9. The average Bonchev–Trinajstić information content (AvgIpc) is 3.45. The molecule has 0 aliphatic carbocycles. The minimum absolute atomic E-state index is 0.468. The molecule has 0 atom stereocenters. The molecule has 0 radical (unpaired) electrons. The molecule has 200 valence electrons. The van der Waals surface area contributed by atoms with Crippen LogP contribution in [0.4, 0.5) is 0 Å². The highest BCUT2D eigenvalue weighted by Crippen LogP contribution is 2.34. The summed E-state index contributed by atoms with van der Waals surface area (Å²) in [5.41, 5.74) is 5.47. The second-order valence-corrected chi connectivity index (χ2v) is 14.6. The fraction of sp³-hybridized carbons (Fsp3) is 0.0263. The van der Waals surface area contributed by atoms with Crippen LogP contribution in [-0.4, -0.2) is 17.6 Å². The van der Waals surface area contributed by atoms with Crippen LogP contribution in [0, 0.1) is 0 Å². The van der Waals surface area contributed by atoms with Crippen LogP contribution in [0.2, 0.25) is 0 Å². The molecule has 0 fully saturated rings. The summed E-state index contributed by atoms with van der Waals surface area (Å²) in [4.78, 5) is 5.00. The van der Waals surface area contributed by atoms with E-state index in [1.165, 1.54) is 26.3 Å². The average molecular weight is 557 g/mol. The Morgan fingerprint density at radius 2 is 1.10 bits per heavy atom. The zero-order valence-corrected chi connectivity index (χ0v) is 24.0. The lowest BCUT2D eigenvalue weighted by Crippen LogP contribution is -2.74. The summed E-state index contributed by atoms with van der Waals surface area (Å²) < 4.78 is 8.22. The Labute approximate surface area is 246 Å². The number of hydrogen-bond donors (Lipinski definition) is 0. The number of hydrogen-bond acceptors (Lipinski definition) is 2. The van der Waals surface area contributed by atoms with E-state index < -0.39 is 8.07 Å². The lowest BCUT2D eigenvalue weighted by molar-refractivity contribution is 0.280. The van der Waals surface area contributed by atoms with Crippen molar-refractivity contribution >= 4 is 39.9 Å². The molecule has 0 unspecified atom stereocenters. The predicted molar refractivity (Wildman–Crippen MR) is 174 cm³/mol. The molecule has 1 aliphatic heterocycles. The summed E-state index contributed by atoms with van der Waals surface area (Å²) in [6.07, 6.45) is 0. The molecular weight excluding hydrogens is 529 g/mol. The van der Waals surface area contributed by atoms with Crippen LogP contribution in [0.1, 0.15) is 5.82 Å². The van der Waals surface area contributed by atoms with Crippen molar-refractivity contribution in [3.63, 3.8) is 0 Å². The van der Waals surface area contributed by atoms with E-state index in [1.54, 1.807) is 0 Å². The molecule has 4 heteroatoms. The Hall–Kier alpha value is -5.19. The Morgan fingerprint density at radius 1 is 0.524 bits per heavy atom. The molecule has 1 aromatic heterocycles. The number of rotatable bonds is 5. The van der Waals surface area contributed by atoms with Crippen LogP contribution in [0.15, 0.2) is 158 Å². The van der Waals surface area contributed by atoms with Crippen molar-refractivity contribution in [3.05, 3.63) is 164 Å². The number of benzene rings is 6. The maximum absolute atomic E-state index is 5.99. The maximum atomic E-state index is 5.99. The van der Waals surface area contributed by atoms with Crippen molar-refractivity contribution in [1.82, 2.24) is 9.55 Å². The number of nitrogens with zero attached hydrogens (tertiary/aromatic N) is 2. The van der Waals surface area contributed by atoms with Gasteiger partial charge >= 0.3 is 0 Å². The van der Waals surface area contributed by atoms with Crippen LogP contribution in [0.25, 0.3) is 27.8 Å². The van der Waals surface area contributed by atoms with E-state index in [0.717, 1.165) is 33.9 Å². The van der Waals surface area contributed by atoms with Gasteiger partial charge in [0.2, 0.25) is 0 Å². The molecule has 0 saturated heterocycles. The van der Waals surface area contributed by atoms with E-state index in [0.29, 0.717) is 6.61 Å². The van der Waals surface area contributed by atoms with Crippen molar-refractivity contribution in [2.75, 3.05) is 0 Å². The van der Waals surface area contributed by atoms with E-state index in [9.17, 15) is 0 Å². The minimum Gasteiger partial charge on any atom is -0.483 e. The molecule has 0 spiro atoms. The largest absolute Gasteiger partial charge is 0.483 e. The van der Waals surface area contributed by atoms with Crippen LogP contribution in [0.5, 0.6) is 5.75 Å². The highest BCUT2D eigenvalue weighted by Gasteiger charge is 2.41. The maximum Gasteiger partial charge on any atom is 0.179 e. The second-order valence-electron chi connectivity index (χ2n) is 10.8. The fourth-order valence-corrected chi connectivity index (χ4v) is 11.4. The molecule has 1 aliphatic rings. The summed E-state index contributed by atoms with van der Waals surface area (Å²) in [6, 6.07) is 57.2. The first-order valence-corrected chi connectivity index (χ1v) is 16.3. The van der Waals surface area contributed by atoms with Gasteiger partial charge in [-0.1, -0.05) is 133 Å². The summed E-state index contributed by atoms with van der Waals surface area (Å²) in [7, 11) is -2.60. The van der Waals surface area contributed by atoms with Crippen molar-refractivity contribution in [1.29, 1.82) is 0 Å². The van der Waals surface area contributed by atoms with Gasteiger partial charge in [-0.2, -0.15) is 0 Å². The molecule has 0 amide bonds. The molecule has 8 rings (SSSR count). The molecule has 0 N–H and O–H groups in total. The Bertz CT molecular complexity index is 1940. The van der Waals surface area contributed by atoms with E-state index in [2.05, 4.69) is 144 Å². The molecule has 42 heavy (non-hydrogen) atoms. The third-order valence-electron chi connectivity index (χ3n) is 8.44. The van der Waals surface area contributed by atoms with Gasteiger partial charge in [-0.15, -0.1) is 0 Å². The first kappa shape index (κ1) is 24.6. The normalized spacial score (nSPS) is 12.4. The monoisotopic (exact) mass is 556 g/mol. The van der Waals surface area contributed by atoms with E-state index in [-0.39, 0.29) is 0 Å². The number of fused-ring (bicyclic) bond motifs is 5. The number of para-hydroxylation sites is 2. The summed E-state index contributed by atoms with van der Waals surface area (Å²) >= 11 is 0. The standard InChI is InChI=1S/C38H28N2OSi/c1-4-14-30(15-5-1)42(31-16-6-2-7-17-31,32-18-8-3-9-19-32)33-20-12-13-28(25-33)29-23-24-35-34(26-29)39-38-27-41-37-22-11-10-21-36(37)40(35)38/h1-26H,27H2. The Balaban J connectivity index is 1.32. The van der Waals surface area contributed by atoms with E-state index in [4.69, 9.17) is 9.72 Å². The van der Waals surface area contributed by atoms with Crippen molar-refractivity contribution in [3.8, 4) is 22.6 Å². The van der Waals surface area contributed by atoms with Gasteiger partial charge in [-0.25, -0.2) is 4.98 Å². The minimum atomic E-state index is -2.60. The van der Waals surface area contributed by atoms with Crippen LogP contribution >= 0.6 is 0 Å². The summed E-state index contributed by atoms with van der Waals surface area (Å²) in [6.45, 7) is 0.468. The van der Waals surface area contributed by atoms with Crippen LogP contribution in [-0.2, 0) is 6.61 Å². The van der Waals surface area contributed by atoms with Crippen molar-refractivity contribution in [2.45, 2.75) is 6.61 Å². The third-order valence-corrected chi connectivity index (χ3v) is 13.2. The number of ether oxygens (including phenoxy) is 1. The first-order valence-electron chi connectivity index (χ1n) is 14.3. The molecule has 3 nitrogen and oxygen atoms in total. The topological polar surface area (TPSA) is 27.1 Å². The number of aromatic nitrogens is 2. The zero-order valence-electron chi connectivity index (χ0n) is 23.0. The smallest absolute Gasteiger partial charge is 0.179 e. The van der Waals surface area contributed by atoms with Crippen LogP contribution < -0.4 is 25.5 Å². The van der Waals surface area contributed by atoms with Gasteiger partial charge in [0.15, 0.2) is 13.9 Å². The highest BCUT2D eigenvalue weighted by atomic mass is 28.3. The van der Waals surface area contributed by atoms with Gasteiger partial charge in [0.1, 0.15) is 12.4 Å². The number of imidazole rings is 1. The van der Waals surface area contributed by atoms with Crippen molar-refractivity contribution in [2.24, 2.45) is 0 Å². The Morgan fingerprint density at radius 3 is 1.76 bits per heavy atom. The first-order chi connectivity index (χ1) is 20.8. The molecule has 7 aromatic rings. The summed E-state index contributed by atoms with van der Waals surface area (Å²) in [5.74, 6) is 1.82. The van der Waals surface area contributed by atoms with Gasteiger partial charge in [-0.3, -0.25) is 4.57 Å². The van der Waals surface area contributed by atoms with Gasteiger partial charge in [-0.05, 0) is 56.1 Å². The van der Waals surface area contributed by atoms with E-state index >= 15 is 0 Å². The predicted octanol–water partition coefficient (Wildman–Crippen LogP) is 5.96.